The summed E-state index contributed by atoms with van der Waals surface area (Å²) in [5.41, 5.74) is 6.37. The monoisotopic (exact) mass is 399 g/mol. The van der Waals surface area contributed by atoms with Gasteiger partial charge in [0.1, 0.15) is 15.9 Å². The van der Waals surface area contributed by atoms with Gasteiger partial charge >= 0.3 is 12.0 Å². The summed E-state index contributed by atoms with van der Waals surface area (Å²) in [6.07, 6.45) is -0.547. The number of hydrogen-bond donors (Lipinski definition) is 3. The van der Waals surface area contributed by atoms with Gasteiger partial charge in [-0.15, -0.1) is 11.3 Å². The number of anilines is 1. The van der Waals surface area contributed by atoms with Gasteiger partial charge in [-0.2, -0.15) is 0 Å². The molecule has 0 saturated carbocycles. The van der Waals surface area contributed by atoms with E-state index in [0.717, 1.165) is 16.9 Å². The minimum absolute atomic E-state index is 0.0541. The van der Waals surface area contributed by atoms with E-state index in [1.54, 1.807) is 18.2 Å². The summed E-state index contributed by atoms with van der Waals surface area (Å²) < 4.78 is 0. The van der Waals surface area contributed by atoms with Crippen LogP contribution in [-0.2, 0) is 6.42 Å². The minimum Gasteiger partial charge on any atom is -0.477 e. The first-order valence-corrected chi connectivity index (χ1v) is 8.55. The lowest BCUT2D eigenvalue weighted by Crippen LogP contribution is -2.57. The van der Waals surface area contributed by atoms with Crippen LogP contribution in [0.1, 0.15) is 24.9 Å². The lowest BCUT2D eigenvalue weighted by molar-refractivity contribution is 0.0701. The van der Waals surface area contributed by atoms with Crippen molar-refractivity contribution in [1.29, 1.82) is 0 Å². The van der Waals surface area contributed by atoms with Gasteiger partial charge in [-0.1, -0.05) is 29.3 Å². The number of benzene rings is 1. The van der Waals surface area contributed by atoms with Crippen molar-refractivity contribution in [2.24, 2.45) is 5.73 Å². The number of carbonyl (C=O) groups excluding carboxylic acids is 2. The fourth-order valence-electron chi connectivity index (χ4n) is 2.58. The molecule has 1 unspecified atom stereocenters. The summed E-state index contributed by atoms with van der Waals surface area (Å²) in [4.78, 5) is 36.6. The van der Waals surface area contributed by atoms with E-state index in [9.17, 15) is 14.4 Å². The van der Waals surface area contributed by atoms with Gasteiger partial charge in [-0.3, -0.25) is 9.69 Å². The molecule has 3 rings (SSSR count). The summed E-state index contributed by atoms with van der Waals surface area (Å²) in [6.45, 7) is 0. The van der Waals surface area contributed by atoms with Gasteiger partial charge in [0.2, 0.25) is 0 Å². The first-order valence-electron chi connectivity index (χ1n) is 6.98. The summed E-state index contributed by atoms with van der Waals surface area (Å²) in [7, 11) is 0. The maximum Gasteiger partial charge on any atom is 0.345 e. The highest BCUT2D eigenvalue weighted by atomic mass is 35.5. The van der Waals surface area contributed by atoms with Crippen molar-refractivity contribution in [3.63, 3.8) is 0 Å². The third-order valence-corrected chi connectivity index (χ3v) is 5.50. The Kier molecular flexibility index (Phi) is 4.59. The van der Waals surface area contributed by atoms with Gasteiger partial charge in [-0.25, -0.2) is 9.59 Å². The number of aromatic carboxylic acids is 1. The molecule has 7 nitrogen and oxygen atoms in total. The molecule has 0 bridgehead atoms. The molecule has 4 N–H and O–H groups in total. The number of fused-ring (bicyclic) bond motifs is 1. The number of thiophene rings is 1. The molecule has 1 aliphatic heterocycles. The maximum absolute atomic E-state index is 12.3. The first-order chi connectivity index (χ1) is 11.8. The second-order valence-electron chi connectivity index (χ2n) is 5.28. The zero-order valence-electron chi connectivity index (χ0n) is 12.5. The molecule has 10 heteroatoms. The van der Waals surface area contributed by atoms with Crippen LogP contribution in [0.4, 0.5) is 10.5 Å². The Labute approximate surface area is 155 Å². The van der Waals surface area contributed by atoms with Crippen molar-refractivity contribution in [2.75, 3.05) is 4.90 Å². The quantitative estimate of drug-likeness (QED) is 0.735. The second kappa shape index (κ2) is 6.55. The van der Waals surface area contributed by atoms with Crippen LogP contribution in [0, 0.1) is 0 Å². The number of nitrogens with one attached hydrogen (secondary N) is 1. The Morgan fingerprint density at radius 3 is 2.60 bits per heavy atom. The predicted octanol–water partition coefficient (Wildman–Crippen LogP) is 2.95. The summed E-state index contributed by atoms with van der Waals surface area (Å²) in [6, 6.07) is 5.41. The second-order valence-corrected chi connectivity index (χ2v) is 7.15. The van der Waals surface area contributed by atoms with Crippen LogP contribution in [0.25, 0.3) is 0 Å². The van der Waals surface area contributed by atoms with E-state index in [-0.39, 0.29) is 21.9 Å². The Balaban J connectivity index is 1.99. The van der Waals surface area contributed by atoms with Crippen molar-refractivity contribution in [3.05, 3.63) is 49.6 Å². The number of halogens is 2. The molecule has 1 aliphatic rings. The minimum atomic E-state index is -1.18. The predicted molar refractivity (Wildman–Crippen MR) is 94.8 cm³/mol. The highest BCUT2D eigenvalue weighted by Crippen LogP contribution is 2.35. The molecule has 1 aromatic carbocycles. The lowest BCUT2D eigenvalue weighted by atomic mass is 10.1. The molecule has 2 heterocycles. The molecule has 1 aromatic heterocycles. The van der Waals surface area contributed by atoms with E-state index in [4.69, 9.17) is 34.0 Å². The number of urea groups is 1. The zero-order chi connectivity index (χ0) is 18.3. The smallest absolute Gasteiger partial charge is 0.345 e. The van der Waals surface area contributed by atoms with Gasteiger partial charge in [0.15, 0.2) is 0 Å². The normalized spacial score (nSPS) is 16.3. The van der Waals surface area contributed by atoms with Gasteiger partial charge in [0, 0.05) is 6.42 Å². The number of carboxylic acid groups (broad SMARTS) is 1. The SMILES string of the molecule is NC(=O)N1c2cc(C(=O)O)sc2C(=O)NC1Cc1ccc(Cl)c(Cl)c1. The van der Waals surface area contributed by atoms with Crippen LogP contribution >= 0.6 is 34.5 Å². The number of carboxylic acids is 1. The van der Waals surface area contributed by atoms with E-state index in [1.807, 2.05) is 0 Å². The number of hydrogen-bond acceptors (Lipinski definition) is 4. The Bertz CT molecular complexity index is 899. The number of primary amides is 1. The molecule has 0 radical (unpaired) electrons. The third-order valence-electron chi connectivity index (χ3n) is 3.65. The Hall–Kier alpha value is -2.29. The number of rotatable bonds is 3. The highest BCUT2D eigenvalue weighted by molar-refractivity contribution is 7.16. The van der Waals surface area contributed by atoms with Crippen LogP contribution in [0.3, 0.4) is 0 Å². The topological polar surface area (TPSA) is 113 Å². The van der Waals surface area contributed by atoms with Crippen molar-refractivity contribution >= 4 is 58.1 Å². The molecule has 0 aliphatic carbocycles. The number of nitrogens with two attached hydrogens (primary N) is 1. The molecular formula is C15H11Cl2N3O4S. The van der Waals surface area contributed by atoms with Crippen LogP contribution < -0.4 is 16.0 Å². The van der Waals surface area contributed by atoms with Gasteiger partial charge in [0.25, 0.3) is 5.91 Å². The third kappa shape index (κ3) is 3.28. The fourth-order valence-corrected chi connectivity index (χ4v) is 3.79. The van der Waals surface area contributed by atoms with Crippen molar-refractivity contribution in [2.45, 2.75) is 12.6 Å². The average molecular weight is 400 g/mol. The van der Waals surface area contributed by atoms with Crippen LogP contribution in [0.15, 0.2) is 24.3 Å². The molecule has 2 aromatic rings. The fraction of sp³-hybridized carbons (Fsp3) is 0.133. The molecule has 0 fully saturated rings. The van der Waals surface area contributed by atoms with Crippen molar-refractivity contribution in [3.8, 4) is 0 Å². The van der Waals surface area contributed by atoms with Crippen molar-refractivity contribution in [1.82, 2.24) is 5.32 Å². The number of amides is 3. The first kappa shape index (κ1) is 17.5. The average Bonchev–Trinajstić information content (AvgIpc) is 2.96. The van der Waals surface area contributed by atoms with E-state index in [2.05, 4.69) is 5.32 Å². The summed E-state index contributed by atoms with van der Waals surface area (Å²) in [5.74, 6) is -1.65. The standard InChI is InChI=1S/C15H11Cl2N3O4S/c16-7-2-1-6(3-8(7)17)4-11-19-13(21)12-9(20(11)15(18)24)5-10(25-12)14(22)23/h1-3,5,11H,4H2,(H2,18,24)(H,19,21)(H,22,23). The zero-order valence-corrected chi connectivity index (χ0v) is 14.8. The van der Waals surface area contributed by atoms with E-state index in [1.165, 1.54) is 11.0 Å². The lowest BCUT2D eigenvalue weighted by Gasteiger charge is -2.34. The largest absolute Gasteiger partial charge is 0.477 e. The molecule has 0 spiro atoms. The van der Waals surface area contributed by atoms with Crippen molar-refractivity contribution < 1.29 is 19.5 Å². The van der Waals surface area contributed by atoms with Gasteiger partial charge in [-0.05, 0) is 23.8 Å². The van der Waals surface area contributed by atoms with Crippen LogP contribution in [0.2, 0.25) is 10.0 Å². The Morgan fingerprint density at radius 1 is 1.28 bits per heavy atom. The molecular weight excluding hydrogens is 389 g/mol. The van der Waals surface area contributed by atoms with E-state index < -0.39 is 24.1 Å². The maximum atomic E-state index is 12.3. The molecule has 1 atom stereocenters. The summed E-state index contributed by atoms with van der Waals surface area (Å²) >= 11 is 12.7. The molecule has 0 saturated heterocycles. The molecule has 3 amide bonds. The van der Waals surface area contributed by atoms with Crippen LogP contribution in [-0.4, -0.2) is 29.2 Å². The highest BCUT2D eigenvalue weighted by Gasteiger charge is 2.36. The van der Waals surface area contributed by atoms with E-state index >= 15 is 0 Å². The van der Waals surface area contributed by atoms with Gasteiger partial charge < -0.3 is 16.2 Å². The summed E-state index contributed by atoms with van der Waals surface area (Å²) in [5, 5.41) is 12.5. The number of nitrogens with zero attached hydrogens (tertiary/aromatic N) is 1. The van der Waals surface area contributed by atoms with E-state index in [0.29, 0.717) is 10.0 Å². The molecule has 130 valence electrons. The van der Waals surface area contributed by atoms with Gasteiger partial charge in [0.05, 0.1) is 15.7 Å². The van der Waals surface area contributed by atoms with Crippen LogP contribution in [0.5, 0.6) is 0 Å². The Morgan fingerprint density at radius 2 is 2.00 bits per heavy atom. The number of carbonyl (C=O) groups is 3. The molecule has 25 heavy (non-hydrogen) atoms.